The first-order valence-electron chi connectivity index (χ1n) is 7.94. The summed E-state index contributed by atoms with van der Waals surface area (Å²) in [7, 11) is 0. The molecule has 2 amide bonds. The first-order valence-corrected chi connectivity index (χ1v) is 7.94. The van der Waals surface area contributed by atoms with Gasteiger partial charge in [0.25, 0.3) is 0 Å². The Bertz CT molecular complexity index is 660. The van der Waals surface area contributed by atoms with Gasteiger partial charge >= 0.3 is 6.18 Å². The number of nitrogens with zero attached hydrogens (tertiary/aromatic N) is 2. The number of amides is 2. The van der Waals surface area contributed by atoms with Gasteiger partial charge < -0.3 is 10.1 Å². The van der Waals surface area contributed by atoms with Gasteiger partial charge in [-0.1, -0.05) is 12.1 Å². The van der Waals surface area contributed by atoms with Crippen LogP contribution in [-0.4, -0.2) is 61.8 Å². The number of carbonyl (C=O) groups excluding carboxylic acids is 2. The first-order chi connectivity index (χ1) is 11.9. The Morgan fingerprint density at radius 3 is 2.60 bits per heavy atom. The zero-order valence-electron chi connectivity index (χ0n) is 13.4. The molecule has 136 valence electrons. The minimum atomic E-state index is -4.71. The van der Waals surface area contributed by atoms with E-state index in [9.17, 15) is 22.8 Å². The number of ether oxygens (including phenoxy) is 1. The van der Waals surface area contributed by atoms with Gasteiger partial charge in [-0.3, -0.25) is 19.4 Å². The van der Waals surface area contributed by atoms with Crippen molar-refractivity contribution in [3.63, 3.8) is 0 Å². The molecular weight excluding hydrogens is 339 g/mol. The number of fused-ring (bicyclic) bond motifs is 1. The van der Waals surface area contributed by atoms with Crippen molar-refractivity contribution < 1.29 is 27.5 Å². The van der Waals surface area contributed by atoms with Crippen LogP contribution >= 0.6 is 0 Å². The highest BCUT2D eigenvalue weighted by Crippen LogP contribution is 2.37. The summed E-state index contributed by atoms with van der Waals surface area (Å²) >= 11 is 0. The minimum absolute atomic E-state index is 0.0638. The van der Waals surface area contributed by atoms with E-state index in [1.54, 1.807) is 17.0 Å². The van der Waals surface area contributed by atoms with Crippen LogP contribution in [-0.2, 0) is 14.3 Å². The second-order valence-electron chi connectivity index (χ2n) is 5.98. The maximum Gasteiger partial charge on any atom is 0.409 e. The summed E-state index contributed by atoms with van der Waals surface area (Å²) in [4.78, 5) is 27.1. The maximum atomic E-state index is 13.6. The van der Waals surface area contributed by atoms with Gasteiger partial charge in [0.2, 0.25) is 11.8 Å². The number of hydrogen-bond donors (Lipinski definition) is 1. The summed E-state index contributed by atoms with van der Waals surface area (Å²) in [5.41, 5.74) is 0.267. The van der Waals surface area contributed by atoms with Gasteiger partial charge in [-0.25, -0.2) is 0 Å². The van der Waals surface area contributed by atoms with Gasteiger partial charge in [0.1, 0.15) is 6.04 Å². The smallest absolute Gasteiger partial charge is 0.379 e. The van der Waals surface area contributed by atoms with Crippen molar-refractivity contribution in [2.75, 3.05) is 43.1 Å². The van der Waals surface area contributed by atoms with Crippen LogP contribution in [0.5, 0.6) is 0 Å². The van der Waals surface area contributed by atoms with Gasteiger partial charge in [-0.05, 0) is 12.1 Å². The molecule has 9 heteroatoms. The van der Waals surface area contributed by atoms with E-state index in [0.29, 0.717) is 31.2 Å². The molecule has 25 heavy (non-hydrogen) atoms. The Balaban J connectivity index is 1.95. The van der Waals surface area contributed by atoms with Crippen LogP contribution in [0.4, 0.5) is 24.5 Å². The van der Waals surface area contributed by atoms with E-state index >= 15 is 0 Å². The summed E-state index contributed by atoms with van der Waals surface area (Å²) in [6, 6.07) is 3.85. The number of morpholine rings is 1. The summed E-state index contributed by atoms with van der Waals surface area (Å²) in [6.07, 6.45) is -5.54. The van der Waals surface area contributed by atoms with Gasteiger partial charge in [0, 0.05) is 13.1 Å². The molecule has 0 aliphatic carbocycles. The molecule has 0 saturated carbocycles. The standard InChI is InChI=1S/C16H18F3N3O3/c17-16(18,19)13-9-14(23)20-11-3-1-2-4-12(11)22(13)15(24)10-21-5-7-25-8-6-21/h1-4,13H,5-10H2,(H,20,23)/t13-/m0/s1. The van der Waals surface area contributed by atoms with Crippen LogP contribution < -0.4 is 10.2 Å². The van der Waals surface area contributed by atoms with E-state index in [1.165, 1.54) is 12.1 Å². The van der Waals surface area contributed by atoms with E-state index in [4.69, 9.17) is 4.74 Å². The van der Waals surface area contributed by atoms with Crippen LogP contribution in [0.1, 0.15) is 6.42 Å². The zero-order valence-corrected chi connectivity index (χ0v) is 13.4. The maximum absolute atomic E-state index is 13.6. The normalized spacial score (nSPS) is 22.1. The molecule has 1 fully saturated rings. The highest BCUT2D eigenvalue weighted by Gasteiger charge is 2.49. The fourth-order valence-corrected chi connectivity index (χ4v) is 3.02. The lowest BCUT2D eigenvalue weighted by molar-refractivity contribution is -0.158. The molecule has 2 aliphatic heterocycles. The predicted molar refractivity (Wildman–Crippen MR) is 84.3 cm³/mol. The Morgan fingerprint density at radius 1 is 1.24 bits per heavy atom. The Morgan fingerprint density at radius 2 is 1.92 bits per heavy atom. The van der Waals surface area contributed by atoms with Crippen molar-refractivity contribution in [1.29, 1.82) is 0 Å². The van der Waals surface area contributed by atoms with E-state index in [2.05, 4.69) is 5.32 Å². The van der Waals surface area contributed by atoms with Crippen LogP contribution in [0, 0.1) is 0 Å². The van der Waals surface area contributed by atoms with Crippen LogP contribution in [0.2, 0.25) is 0 Å². The van der Waals surface area contributed by atoms with Gasteiger partial charge in [-0.2, -0.15) is 13.2 Å². The Hall–Kier alpha value is -2.13. The van der Waals surface area contributed by atoms with Crippen molar-refractivity contribution in [3.05, 3.63) is 24.3 Å². The molecule has 1 aromatic carbocycles. The number of benzene rings is 1. The lowest BCUT2D eigenvalue weighted by atomic mass is 10.1. The van der Waals surface area contributed by atoms with E-state index in [0.717, 1.165) is 0 Å². The molecular formula is C16H18F3N3O3. The van der Waals surface area contributed by atoms with Gasteiger partial charge in [0.15, 0.2) is 0 Å². The van der Waals surface area contributed by atoms with Crippen molar-refractivity contribution in [2.24, 2.45) is 0 Å². The molecule has 1 N–H and O–H groups in total. The highest BCUT2D eigenvalue weighted by molar-refractivity contribution is 6.05. The number of carbonyl (C=O) groups is 2. The number of anilines is 2. The van der Waals surface area contributed by atoms with Crippen LogP contribution in [0.15, 0.2) is 24.3 Å². The Labute approximate surface area is 142 Å². The summed E-state index contributed by atoms with van der Waals surface area (Å²) in [5, 5.41) is 2.45. The van der Waals surface area contributed by atoms with Crippen molar-refractivity contribution in [3.8, 4) is 0 Å². The number of halogens is 3. The fourth-order valence-electron chi connectivity index (χ4n) is 3.02. The molecule has 1 aromatic rings. The van der Waals surface area contributed by atoms with E-state index in [1.807, 2.05) is 0 Å². The number of para-hydroxylation sites is 2. The summed E-state index contributed by atoms with van der Waals surface area (Å²) < 4.78 is 45.9. The molecule has 1 saturated heterocycles. The molecule has 0 bridgehead atoms. The molecule has 0 spiro atoms. The highest BCUT2D eigenvalue weighted by atomic mass is 19.4. The molecule has 0 aromatic heterocycles. The number of nitrogens with one attached hydrogen (secondary N) is 1. The van der Waals surface area contributed by atoms with E-state index in [-0.39, 0.29) is 17.9 Å². The quantitative estimate of drug-likeness (QED) is 0.874. The molecule has 0 unspecified atom stereocenters. The Kier molecular flexibility index (Phi) is 4.96. The average molecular weight is 357 g/mol. The molecule has 1 atom stereocenters. The second-order valence-corrected chi connectivity index (χ2v) is 5.98. The minimum Gasteiger partial charge on any atom is -0.379 e. The molecule has 6 nitrogen and oxygen atoms in total. The fraction of sp³-hybridized carbons (Fsp3) is 0.500. The SMILES string of the molecule is O=C1C[C@@H](C(F)(F)F)N(C(=O)CN2CCOCC2)c2ccccc2N1. The molecule has 2 heterocycles. The second kappa shape index (κ2) is 7.01. The van der Waals surface area contributed by atoms with Crippen LogP contribution in [0.3, 0.4) is 0 Å². The average Bonchev–Trinajstić information content (AvgIpc) is 2.71. The number of alkyl halides is 3. The van der Waals surface area contributed by atoms with Crippen molar-refractivity contribution in [1.82, 2.24) is 4.90 Å². The largest absolute Gasteiger partial charge is 0.409 e. The van der Waals surface area contributed by atoms with Gasteiger partial charge in [0.05, 0.1) is 37.6 Å². The van der Waals surface area contributed by atoms with Crippen LogP contribution in [0.25, 0.3) is 0 Å². The topological polar surface area (TPSA) is 61.9 Å². The lowest BCUT2D eigenvalue weighted by Gasteiger charge is -2.34. The van der Waals surface area contributed by atoms with Crippen molar-refractivity contribution in [2.45, 2.75) is 18.6 Å². The monoisotopic (exact) mass is 357 g/mol. The molecule has 2 aliphatic rings. The third-order valence-corrected chi connectivity index (χ3v) is 4.24. The first kappa shape index (κ1) is 17.7. The summed E-state index contributed by atoms with van der Waals surface area (Å²) in [6.45, 7) is 1.68. The van der Waals surface area contributed by atoms with Gasteiger partial charge in [-0.15, -0.1) is 0 Å². The zero-order chi connectivity index (χ0) is 18.0. The van der Waals surface area contributed by atoms with E-state index < -0.39 is 30.5 Å². The summed E-state index contributed by atoms with van der Waals surface area (Å²) in [5.74, 6) is -1.45. The predicted octanol–water partition coefficient (Wildman–Crippen LogP) is 1.62. The number of rotatable bonds is 2. The lowest BCUT2D eigenvalue weighted by Crippen LogP contribution is -2.53. The molecule has 3 rings (SSSR count). The third kappa shape index (κ3) is 3.93. The third-order valence-electron chi connectivity index (χ3n) is 4.24. The number of hydrogen-bond acceptors (Lipinski definition) is 4. The molecule has 0 radical (unpaired) electrons. The van der Waals surface area contributed by atoms with Crippen molar-refractivity contribution >= 4 is 23.2 Å².